The first-order chi connectivity index (χ1) is 9.19. The largest absolute Gasteiger partial charge is 0.497 e. The summed E-state index contributed by atoms with van der Waals surface area (Å²) >= 11 is 0. The number of methoxy groups -OCH3 is 1. The highest BCUT2D eigenvalue weighted by atomic mass is 16.5. The van der Waals surface area contributed by atoms with Crippen LogP contribution in [0.3, 0.4) is 0 Å². The maximum absolute atomic E-state index is 12.1. The Morgan fingerprint density at radius 2 is 2.37 bits per heavy atom. The third-order valence-corrected chi connectivity index (χ3v) is 3.56. The van der Waals surface area contributed by atoms with Crippen molar-refractivity contribution in [2.75, 3.05) is 20.7 Å². The summed E-state index contributed by atoms with van der Waals surface area (Å²) in [7, 11) is 3.51. The summed E-state index contributed by atoms with van der Waals surface area (Å²) in [6.07, 6.45) is 2.89. The summed E-state index contributed by atoms with van der Waals surface area (Å²) in [5.41, 5.74) is 1.09. The Morgan fingerprint density at radius 1 is 1.53 bits per heavy atom. The van der Waals surface area contributed by atoms with Crippen LogP contribution in [0.4, 0.5) is 0 Å². The van der Waals surface area contributed by atoms with Crippen molar-refractivity contribution >= 4 is 5.91 Å². The minimum Gasteiger partial charge on any atom is -0.497 e. The summed E-state index contributed by atoms with van der Waals surface area (Å²) in [5, 5.41) is 3.36. The monoisotopic (exact) mass is 262 g/mol. The van der Waals surface area contributed by atoms with Crippen molar-refractivity contribution in [1.82, 2.24) is 10.2 Å². The van der Waals surface area contributed by atoms with Gasteiger partial charge in [-0.2, -0.15) is 0 Å². The zero-order chi connectivity index (χ0) is 13.7. The topological polar surface area (TPSA) is 41.6 Å². The van der Waals surface area contributed by atoms with Gasteiger partial charge in [0.2, 0.25) is 5.91 Å². The van der Waals surface area contributed by atoms with E-state index in [0.717, 1.165) is 24.3 Å². The lowest BCUT2D eigenvalue weighted by molar-refractivity contribution is -0.130. The molecule has 4 heteroatoms. The normalized spacial score (nSPS) is 18.3. The molecule has 0 aromatic heterocycles. The van der Waals surface area contributed by atoms with Gasteiger partial charge in [0.1, 0.15) is 5.75 Å². The number of ether oxygens (including phenoxy) is 1. The molecule has 1 aromatic rings. The molecule has 0 saturated carbocycles. The lowest BCUT2D eigenvalue weighted by Gasteiger charge is -2.19. The third-order valence-electron chi connectivity index (χ3n) is 3.56. The molecule has 0 radical (unpaired) electrons. The van der Waals surface area contributed by atoms with Crippen molar-refractivity contribution < 1.29 is 9.53 Å². The van der Waals surface area contributed by atoms with Crippen LogP contribution in [0, 0.1) is 0 Å². The highest BCUT2D eigenvalue weighted by Gasteiger charge is 2.19. The van der Waals surface area contributed by atoms with Gasteiger partial charge in [0, 0.05) is 26.1 Å². The molecule has 104 valence electrons. The smallest absolute Gasteiger partial charge is 0.224 e. The fourth-order valence-corrected chi connectivity index (χ4v) is 2.43. The van der Waals surface area contributed by atoms with Gasteiger partial charge in [-0.25, -0.2) is 0 Å². The van der Waals surface area contributed by atoms with Crippen molar-refractivity contribution in [1.29, 1.82) is 0 Å². The molecule has 0 spiro atoms. The van der Waals surface area contributed by atoms with Gasteiger partial charge in [-0.15, -0.1) is 0 Å². The molecule has 1 aromatic carbocycles. The van der Waals surface area contributed by atoms with Gasteiger partial charge in [-0.1, -0.05) is 12.1 Å². The van der Waals surface area contributed by atoms with Gasteiger partial charge < -0.3 is 15.0 Å². The summed E-state index contributed by atoms with van der Waals surface area (Å²) in [5.74, 6) is 1.03. The average Bonchev–Trinajstić information content (AvgIpc) is 2.91. The number of rotatable bonds is 5. The number of amides is 1. The minimum atomic E-state index is 0.196. The van der Waals surface area contributed by atoms with Crippen molar-refractivity contribution in [2.24, 2.45) is 0 Å². The molecule has 2 rings (SSSR count). The lowest BCUT2D eigenvalue weighted by atomic mass is 10.1. The van der Waals surface area contributed by atoms with Crippen LogP contribution in [0.1, 0.15) is 24.8 Å². The standard InChI is InChI=1S/C15H22N2O2/c1-17(15(18)10-13-6-4-8-16-13)11-12-5-3-7-14(9-12)19-2/h3,5,7,9,13,16H,4,6,8,10-11H2,1-2H3. The Labute approximate surface area is 114 Å². The van der Waals surface area contributed by atoms with E-state index in [1.807, 2.05) is 31.3 Å². The van der Waals surface area contributed by atoms with Crippen LogP contribution in [0.15, 0.2) is 24.3 Å². The van der Waals surface area contributed by atoms with E-state index in [1.54, 1.807) is 12.0 Å². The molecular formula is C15H22N2O2. The Hall–Kier alpha value is -1.55. The van der Waals surface area contributed by atoms with Crippen LogP contribution >= 0.6 is 0 Å². The minimum absolute atomic E-state index is 0.196. The van der Waals surface area contributed by atoms with Crippen LogP contribution < -0.4 is 10.1 Å². The summed E-state index contributed by atoms with van der Waals surface area (Å²) in [6, 6.07) is 8.21. The fourth-order valence-electron chi connectivity index (χ4n) is 2.43. The van der Waals surface area contributed by atoms with Gasteiger partial charge in [0.25, 0.3) is 0 Å². The van der Waals surface area contributed by atoms with Crippen LogP contribution in [0.5, 0.6) is 5.75 Å². The molecule has 4 nitrogen and oxygen atoms in total. The van der Waals surface area contributed by atoms with E-state index in [1.165, 1.54) is 6.42 Å². The second-order valence-corrected chi connectivity index (χ2v) is 5.10. The Morgan fingerprint density at radius 3 is 3.05 bits per heavy atom. The van der Waals surface area contributed by atoms with E-state index in [2.05, 4.69) is 5.32 Å². The van der Waals surface area contributed by atoms with Crippen LogP contribution in [-0.2, 0) is 11.3 Å². The quantitative estimate of drug-likeness (QED) is 0.879. The zero-order valence-electron chi connectivity index (χ0n) is 11.7. The number of nitrogens with one attached hydrogen (secondary N) is 1. The van der Waals surface area contributed by atoms with Crippen LogP contribution in [0.25, 0.3) is 0 Å². The highest BCUT2D eigenvalue weighted by Crippen LogP contribution is 2.15. The number of carbonyl (C=O) groups excluding carboxylic acids is 1. The number of benzene rings is 1. The molecule has 1 atom stereocenters. The Kier molecular flexibility index (Phi) is 4.80. The molecule has 1 unspecified atom stereocenters. The van der Waals surface area contributed by atoms with Crippen LogP contribution in [-0.4, -0.2) is 37.6 Å². The van der Waals surface area contributed by atoms with E-state index >= 15 is 0 Å². The summed E-state index contributed by atoms with van der Waals surface area (Å²) < 4.78 is 5.19. The molecule has 19 heavy (non-hydrogen) atoms. The van der Waals surface area contributed by atoms with E-state index in [4.69, 9.17) is 4.74 Å². The van der Waals surface area contributed by atoms with Crippen LogP contribution in [0.2, 0.25) is 0 Å². The summed E-state index contributed by atoms with van der Waals surface area (Å²) in [6.45, 7) is 1.67. The van der Waals surface area contributed by atoms with E-state index < -0.39 is 0 Å². The number of nitrogens with zero attached hydrogens (tertiary/aromatic N) is 1. The first kappa shape index (κ1) is 13.9. The van der Waals surface area contributed by atoms with Gasteiger partial charge in [0.05, 0.1) is 7.11 Å². The predicted octanol–water partition coefficient (Wildman–Crippen LogP) is 1.80. The van der Waals surface area contributed by atoms with Gasteiger partial charge in [0.15, 0.2) is 0 Å². The number of hydrogen-bond acceptors (Lipinski definition) is 3. The highest BCUT2D eigenvalue weighted by molar-refractivity contribution is 5.76. The Balaban J connectivity index is 1.88. The van der Waals surface area contributed by atoms with Gasteiger partial charge in [-0.05, 0) is 37.1 Å². The van der Waals surface area contributed by atoms with E-state index in [0.29, 0.717) is 19.0 Å². The molecule has 0 aliphatic carbocycles. The number of carbonyl (C=O) groups is 1. The van der Waals surface area contributed by atoms with Crippen molar-refractivity contribution in [3.05, 3.63) is 29.8 Å². The first-order valence-corrected chi connectivity index (χ1v) is 6.79. The SMILES string of the molecule is COc1cccc(CN(C)C(=O)CC2CCCN2)c1. The predicted molar refractivity (Wildman–Crippen MR) is 75.1 cm³/mol. The number of hydrogen-bond donors (Lipinski definition) is 1. The lowest BCUT2D eigenvalue weighted by Crippen LogP contribution is -2.33. The van der Waals surface area contributed by atoms with Crippen molar-refractivity contribution in [3.63, 3.8) is 0 Å². The second-order valence-electron chi connectivity index (χ2n) is 5.10. The molecule has 1 fully saturated rings. The first-order valence-electron chi connectivity index (χ1n) is 6.79. The molecule has 1 heterocycles. The molecular weight excluding hydrogens is 240 g/mol. The molecule has 1 N–H and O–H groups in total. The van der Waals surface area contributed by atoms with Gasteiger partial charge in [-0.3, -0.25) is 4.79 Å². The fraction of sp³-hybridized carbons (Fsp3) is 0.533. The van der Waals surface area contributed by atoms with E-state index in [9.17, 15) is 4.79 Å². The average molecular weight is 262 g/mol. The molecule has 1 aliphatic rings. The third kappa shape index (κ3) is 3.96. The Bertz CT molecular complexity index is 428. The zero-order valence-corrected chi connectivity index (χ0v) is 11.7. The molecule has 0 bridgehead atoms. The maximum atomic E-state index is 12.1. The molecule has 1 amide bonds. The maximum Gasteiger partial charge on any atom is 0.224 e. The van der Waals surface area contributed by atoms with Crippen molar-refractivity contribution in [3.8, 4) is 5.75 Å². The van der Waals surface area contributed by atoms with Crippen molar-refractivity contribution in [2.45, 2.75) is 31.8 Å². The molecule has 1 saturated heterocycles. The summed E-state index contributed by atoms with van der Waals surface area (Å²) in [4.78, 5) is 13.9. The van der Waals surface area contributed by atoms with E-state index in [-0.39, 0.29) is 5.91 Å². The second kappa shape index (κ2) is 6.57. The molecule has 1 aliphatic heterocycles. The van der Waals surface area contributed by atoms with Gasteiger partial charge >= 0.3 is 0 Å².